The molecule has 0 aliphatic carbocycles. The van der Waals surface area contributed by atoms with Crippen LogP contribution < -0.4 is 10.1 Å². The van der Waals surface area contributed by atoms with Crippen molar-refractivity contribution in [3.05, 3.63) is 23.8 Å². The van der Waals surface area contributed by atoms with Crippen molar-refractivity contribution in [2.75, 3.05) is 13.3 Å². The second kappa shape index (κ2) is 9.63. The van der Waals surface area contributed by atoms with Gasteiger partial charge >= 0.3 is 12.1 Å². The van der Waals surface area contributed by atoms with Crippen LogP contribution in [0.4, 0.5) is 4.79 Å². The van der Waals surface area contributed by atoms with Crippen molar-refractivity contribution in [2.24, 2.45) is 0 Å². The molecule has 156 valence electrons. The Morgan fingerprint density at radius 2 is 1.93 bits per heavy atom. The highest BCUT2D eigenvalue weighted by Gasteiger charge is 2.19. The summed E-state index contributed by atoms with van der Waals surface area (Å²) in [7, 11) is 0. The molecular formula is C18H25ClN2O7. The van der Waals surface area contributed by atoms with Gasteiger partial charge in [-0.15, -0.1) is 12.4 Å². The van der Waals surface area contributed by atoms with Crippen molar-refractivity contribution in [2.45, 2.75) is 39.3 Å². The van der Waals surface area contributed by atoms with Crippen molar-refractivity contribution in [1.82, 2.24) is 10.3 Å². The average Bonchev–Trinajstić information content (AvgIpc) is 2.96. The van der Waals surface area contributed by atoms with E-state index in [-0.39, 0.29) is 29.6 Å². The molecule has 0 amide bonds. The summed E-state index contributed by atoms with van der Waals surface area (Å²) in [5.41, 5.74) is 0.693. The SMILES string of the molecule is CC(=O)OCOC(=O)Oc1cc2c(C(O)CNC(C)(C)C)ccc(O)c2[nH]1.Cl. The Kier molecular flexibility index (Phi) is 8.10. The molecule has 28 heavy (non-hydrogen) atoms. The van der Waals surface area contributed by atoms with E-state index in [1.807, 2.05) is 20.8 Å². The van der Waals surface area contributed by atoms with Gasteiger partial charge in [-0.25, -0.2) is 4.79 Å². The van der Waals surface area contributed by atoms with Crippen LogP contribution in [0.2, 0.25) is 0 Å². The molecule has 10 heteroatoms. The number of halogens is 1. The number of phenols is 1. The molecule has 0 bridgehead atoms. The highest BCUT2D eigenvalue weighted by atomic mass is 35.5. The molecule has 0 saturated carbocycles. The van der Waals surface area contributed by atoms with Crippen LogP contribution in [0, 0.1) is 0 Å². The Morgan fingerprint density at radius 3 is 2.54 bits per heavy atom. The molecule has 0 aliphatic heterocycles. The Balaban J connectivity index is 0.00000392. The van der Waals surface area contributed by atoms with Gasteiger partial charge in [0.15, 0.2) is 0 Å². The third-order valence-electron chi connectivity index (χ3n) is 3.60. The van der Waals surface area contributed by atoms with Crippen molar-refractivity contribution >= 4 is 35.4 Å². The zero-order valence-electron chi connectivity index (χ0n) is 16.1. The lowest BCUT2D eigenvalue weighted by Gasteiger charge is -2.23. The van der Waals surface area contributed by atoms with Gasteiger partial charge in [-0.3, -0.25) is 4.79 Å². The lowest BCUT2D eigenvalue weighted by molar-refractivity contribution is -0.149. The van der Waals surface area contributed by atoms with E-state index in [1.54, 1.807) is 6.07 Å². The van der Waals surface area contributed by atoms with Crippen molar-refractivity contribution < 1.29 is 34.0 Å². The van der Waals surface area contributed by atoms with Gasteiger partial charge in [0.2, 0.25) is 12.7 Å². The number of hydrogen-bond acceptors (Lipinski definition) is 8. The van der Waals surface area contributed by atoms with E-state index >= 15 is 0 Å². The number of benzene rings is 1. The zero-order chi connectivity index (χ0) is 20.2. The lowest BCUT2D eigenvalue weighted by Crippen LogP contribution is -2.38. The molecule has 1 unspecified atom stereocenters. The number of H-pyrrole nitrogens is 1. The maximum Gasteiger partial charge on any atom is 0.518 e. The number of nitrogens with one attached hydrogen (secondary N) is 2. The monoisotopic (exact) mass is 416 g/mol. The van der Waals surface area contributed by atoms with Gasteiger partial charge in [-0.1, -0.05) is 6.07 Å². The fraction of sp³-hybridized carbons (Fsp3) is 0.444. The standard InChI is InChI=1S/C18H24N2O7.ClH/c1-10(21)25-9-26-17(24)27-15-7-12-11(5-6-13(22)16(12)20-15)14(23)8-19-18(2,3)4;/h5-7,14,19-20,22-23H,8-9H2,1-4H3;1H. The minimum Gasteiger partial charge on any atom is -0.506 e. The van der Waals surface area contributed by atoms with Crippen molar-refractivity contribution in [3.8, 4) is 11.6 Å². The van der Waals surface area contributed by atoms with E-state index in [0.717, 1.165) is 0 Å². The summed E-state index contributed by atoms with van der Waals surface area (Å²) in [5, 5.41) is 24.2. The Hall–Kier alpha value is -2.49. The molecule has 4 N–H and O–H groups in total. The molecule has 0 aliphatic rings. The van der Waals surface area contributed by atoms with E-state index in [1.165, 1.54) is 19.1 Å². The Labute approximate surface area is 168 Å². The highest BCUT2D eigenvalue weighted by Crippen LogP contribution is 2.33. The molecule has 0 spiro atoms. The number of aromatic nitrogens is 1. The first kappa shape index (κ1) is 23.5. The van der Waals surface area contributed by atoms with Crippen molar-refractivity contribution in [3.63, 3.8) is 0 Å². The number of aromatic amines is 1. The normalized spacial score (nSPS) is 12.2. The van der Waals surface area contributed by atoms with Crippen LogP contribution in [0.1, 0.15) is 39.4 Å². The van der Waals surface area contributed by atoms with Gasteiger partial charge in [0.05, 0.1) is 11.6 Å². The summed E-state index contributed by atoms with van der Waals surface area (Å²) in [5.74, 6) is -0.648. The Bertz CT molecular complexity index is 829. The number of aliphatic hydroxyl groups is 1. The molecule has 2 aromatic rings. The van der Waals surface area contributed by atoms with Gasteiger partial charge < -0.3 is 34.7 Å². The number of aliphatic hydroxyl groups excluding tert-OH is 1. The second-order valence-electron chi connectivity index (χ2n) is 6.99. The van der Waals surface area contributed by atoms with Crippen LogP contribution in [0.15, 0.2) is 18.2 Å². The van der Waals surface area contributed by atoms with E-state index in [0.29, 0.717) is 23.0 Å². The molecule has 1 aromatic carbocycles. The summed E-state index contributed by atoms with van der Waals surface area (Å²) in [6.07, 6.45) is -1.93. The first-order valence-electron chi connectivity index (χ1n) is 8.32. The molecule has 9 nitrogen and oxygen atoms in total. The van der Waals surface area contributed by atoms with Gasteiger partial charge in [0.1, 0.15) is 5.75 Å². The zero-order valence-corrected chi connectivity index (χ0v) is 16.9. The molecule has 0 saturated heterocycles. The molecule has 0 radical (unpaired) electrons. The van der Waals surface area contributed by atoms with Crippen LogP contribution in [0.5, 0.6) is 11.6 Å². The van der Waals surface area contributed by atoms with E-state index in [2.05, 4.69) is 19.8 Å². The summed E-state index contributed by atoms with van der Waals surface area (Å²) < 4.78 is 14.0. The molecular weight excluding hydrogens is 392 g/mol. The molecule has 1 heterocycles. The quantitative estimate of drug-likeness (QED) is 0.417. The van der Waals surface area contributed by atoms with Gasteiger partial charge in [0, 0.05) is 30.5 Å². The second-order valence-corrected chi connectivity index (χ2v) is 6.99. The van der Waals surface area contributed by atoms with Gasteiger partial charge in [-0.05, 0) is 32.4 Å². The first-order chi connectivity index (χ1) is 12.6. The van der Waals surface area contributed by atoms with E-state index < -0.39 is 25.0 Å². The maximum atomic E-state index is 11.6. The fourth-order valence-corrected chi connectivity index (χ4v) is 2.34. The number of rotatable bonds is 6. The van der Waals surface area contributed by atoms with Gasteiger partial charge in [0.25, 0.3) is 0 Å². The summed E-state index contributed by atoms with van der Waals surface area (Å²) in [6.45, 7) is 6.86. The lowest BCUT2D eigenvalue weighted by atomic mass is 10.0. The number of hydrogen-bond donors (Lipinski definition) is 4. The number of aromatic hydroxyl groups is 1. The average molecular weight is 417 g/mol. The third-order valence-corrected chi connectivity index (χ3v) is 3.60. The van der Waals surface area contributed by atoms with Crippen LogP contribution in [-0.4, -0.2) is 46.2 Å². The minimum atomic E-state index is -1.08. The minimum absolute atomic E-state index is 0. The number of phenolic OH excluding ortho intramolecular Hbond substituents is 1. The Morgan fingerprint density at radius 1 is 1.25 bits per heavy atom. The summed E-state index contributed by atoms with van der Waals surface area (Å²) >= 11 is 0. The highest BCUT2D eigenvalue weighted by molar-refractivity contribution is 5.90. The number of ether oxygens (including phenoxy) is 3. The van der Waals surface area contributed by atoms with Gasteiger partial charge in [-0.2, -0.15) is 0 Å². The fourth-order valence-electron chi connectivity index (χ4n) is 2.34. The summed E-state index contributed by atoms with van der Waals surface area (Å²) in [6, 6.07) is 4.51. The molecule has 1 atom stereocenters. The van der Waals surface area contributed by atoms with E-state index in [9.17, 15) is 19.8 Å². The van der Waals surface area contributed by atoms with Crippen LogP contribution in [0.25, 0.3) is 10.9 Å². The number of β-amino-alcohol motifs (C(OH)–C–C–N with tert-alkyl or cyclic N) is 1. The van der Waals surface area contributed by atoms with Crippen LogP contribution >= 0.6 is 12.4 Å². The smallest absolute Gasteiger partial charge is 0.506 e. The van der Waals surface area contributed by atoms with E-state index in [4.69, 9.17) is 4.74 Å². The number of carbonyl (C=O) groups is 2. The number of fused-ring (bicyclic) bond motifs is 1. The predicted molar refractivity (Wildman–Crippen MR) is 104 cm³/mol. The predicted octanol–water partition coefficient (Wildman–Crippen LogP) is 2.75. The third kappa shape index (κ3) is 6.59. The first-order valence-corrected chi connectivity index (χ1v) is 8.32. The molecule has 2 rings (SSSR count). The topological polar surface area (TPSA) is 130 Å². The molecule has 1 aromatic heterocycles. The maximum absolute atomic E-state index is 11.6. The van der Waals surface area contributed by atoms with Crippen LogP contribution in [0.3, 0.4) is 0 Å². The van der Waals surface area contributed by atoms with Crippen LogP contribution in [-0.2, 0) is 14.3 Å². The number of carbonyl (C=O) groups excluding carboxylic acids is 2. The molecule has 0 fully saturated rings. The largest absolute Gasteiger partial charge is 0.518 e. The summed E-state index contributed by atoms with van der Waals surface area (Å²) in [4.78, 5) is 25.0. The number of esters is 1. The van der Waals surface area contributed by atoms with Crippen molar-refractivity contribution in [1.29, 1.82) is 0 Å².